The summed E-state index contributed by atoms with van der Waals surface area (Å²) in [4.78, 5) is 10.7. The molecule has 0 aromatic carbocycles. The van der Waals surface area contributed by atoms with Gasteiger partial charge in [-0.3, -0.25) is 0 Å². The lowest BCUT2D eigenvalue weighted by Gasteiger charge is -2.34. The molecule has 0 spiro atoms. The second-order valence-corrected chi connectivity index (χ2v) is 5.70. The van der Waals surface area contributed by atoms with Crippen LogP contribution in [0.2, 0.25) is 0 Å². The molecule has 0 fully saturated rings. The van der Waals surface area contributed by atoms with Gasteiger partial charge >= 0.3 is 0 Å². The highest BCUT2D eigenvalue weighted by Gasteiger charge is 2.25. The minimum Gasteiger partial charge on any atom is -0.394 e. The van der Waals surface area contributed by atoms with E-state index in [1.807, 2.05) is 32.7 Å². The Balaban J connectivity index is 2.56. The molecule has 17 heavy (non-hydrogen) atoms. The summed E-state index contributed by atoms with van der Waals surface area (Å²) >= 11 is 1.65. The summed E-state index contributed by atoms with van der Waals surface area (Å²) in [5, 5.41) is 11.5. The van der Waals surface area contributed by atoms with Gasteiger partial charge in [-0.2, -0.15) is 0 Å². The normalized spacial score (nSPS) is 12.1. The zero-order valence-electron chi connectivity index (χ0n) is 10.6. The highest BCUT2D eigenvalue weighted by Crippen LogP contribution is 2.32. The van der Waals surface area contributed by atoms with Gasteiger partial charge in [-0.25, -0.2) is 9.97 Å². The molecular formula is C12H17N3OS. The van der Waals surface area contributed by atoms with Crippen LogP contribution < -0.4 is 4.90 Å². The van der Waals surface area contributed by atoms with Crippen molar-refractivity contribution in [2.24, 2.45) is 0 Å². The molecule has 92 valence electrons. The SMILES string of the molecule is Cc1csc2c(N(C)C(C)(C)CO)ncnc12. The minimum absolute atomic E-state index is 0.0827. The molecule has 0 aliphatic heterocycles. The lowest BCUT2D eigenvalue weighted by Crippen LogP contribution is -2.44. The second kappa shape index (κ2) is 4.23. The maximum absolute atomic E-state index is 9.42. The number of aromatic nitrogens is 2. The van der Waals surface area contributed by atoms with Crippen molar-refractivity contribution in [3.63, 3.8) is 0 Å². The van der Waals surface area contributed by atoms with Crippen LogP contribution in [0.4, 0.5) is 5.82 Å². The summed E-state index contributed by atoms with van der Waals surface area (Å²) in [6.07, 6.45) is 1.58. The Morgan fingerprint density at radius 1 is 1.41 bits per heavy atom. The van der Waals surface area contributed by atoms with Crippen molar-refractivity contribution in [3.8, 4) is 0 Å². The van der Waals surface area contributed by atoms with E-state index in [1.54, 1.807) is 17.7 Å². The number of aliphatic hydroxyl groups is 1. The average molecular weight is 251 g/mol. The van der Waals surface area contributed by atoms with Crippen LogP contribution in [0.5, 0.6) is 0 Å². The van der Waals surface area contributed by atoms with Gasteiger partial charge in [0, 0.05) is 7.05 Å². The van der Waals surface area contributed by atoms with Gasteiger partial charge in [-0.15, -0.1) is 11.3 Å². The number of anilines is 1. The molecule has 0 aliphatic rings. The number of rotatable bonds is 3. The quantitative estimate of drug-likeness (QED) is 0.908. The van der Waals surface area contributed by atoms with Crippen molar-refractivity contribution in [1.82, 2.24) is 9.97 Å². The average Bonchev–Trinajstić information content (AvgIpc) is 2.70. The summed E-state index contributed by atoms with van der Waals surface area (Å²) in [5.74, 6) is 0.882. The monoisotopic (exact) mass is 251 g/mol. The molecule has 1 N–H and O–H groups in total. The standard InChI is InChI=1S/C12H17N3OS/c1-8-5-17-10-9(8)13-7-14-11(10)15(4)12(2,3)6-16/h5,7,16H,6H2,1-4H3. The van der Waals surface area contributed by atoms with E-state index >= 15 is 0 Å². The Bertz CT molecular complexity index is 536. The third-order valence-electron chi connectivity index (χ3n) is 3.12. The molecule has 0 saturated heterocycles. The molecule has 2 aromatic rings. The Kier molecular flexibility index (Phi) is 3.05. The Morgan fingerprint density at radius 3 is 2.76 bits per heavy atom. The number of nitrogens with zero attached hydrogens (tertiary/aromatic N) is 3. The number of thiophene rings is 1. The van der Waals surface area contributed by atoms with Crippen molar-refractivity contribution in [1.29, 1.82) is 0 Å². The summed E-state index contributed by atoms with van der Waals surface area (Å²) in [5.41, 5.74) is 1.84. The first-order chi connectivity index (χ1) is 7.97. The molecule has 0 amide bonds. The molecule has 0 radical (unpaired) electrons. The van der Waals surface area contributed by atoms with Crippen LogP contribution in [0.1, 0.15) is 19.4 Å². The van der Waals surface area contributed by atoms with E-state index in [1.165, 1.54) is 5.56 Å². The van der Waals surface area contributed by atoms with Crippen LogP contribution in [0, 0.1) is 6.92 Å². The molecule has 4 nitrogen and oxygen atoms in total. The molecule has 2 aromatic heterocycles. The summed E-state index contributed by atoms with van der Waals surface area (Å²) in [6.45, 7) is 6.11. The summed E-state index contributed by atoms with van der Waals surface area (Å²) in [7, 11) is 1.95. The van der Waals surface area contributed by atoms with Crippen molar-refractivity contribution >= 4 is 27.4 Å². The van der Waals surface area contributed by atoms with Gasteiger partial charge < -0.3 is 10.0 Å². The van der Waals surface area contributed by atoms with E-state index in [0.717, 1.165) is 16.0 Å². The molecule has 0 bridgehead atoms. The van der Waals surface area contributed by atoms with E-state index in [9.17, 15) is 5.11 Å². The maximum Gasteiger partial charge on any atom is 0.150 e. The van der Waals surface area contributed by atoms with Crippen LogP contribution in [0.25, 0.3) is 10.2 Å². The lowest BCUT2D eigenvalue weighted by molar-refractivity contribution is 0.216. The second-order valence-electron chi connectivity index (χ2n) is 4.82. The number of aliphatic hydroxyl groups excluding tert-OH is 1. The molecule has 5 heteroatoms. The fourth-order valence-electron chi connectivity index (χ4n) is 1.59. The lowest BCUT2D eigenvalue weighted by atomic mass is 10.1. The van der Waals surface area contributed by atoms with Gasteiger partial charge in [-0.05, 0) is 31.7 Å². The molecule has 0 atom stereocenters. The van der Waals surface area contributed by atoms with E-state index < -0.39 is 0 Å². The van der Waals surface area contributed by atoms with E-state index in [-0.39, 0.29) is 12.1 Å². The van der Waals surface area contributed by atoms with Gasteiger partial charge in [0.25, 0.3) is 0 Å². The van der Waals surface area contributed by atoms with Gasteiger partial charge in [0.2, 0.25) is 0 Å². The number of hydrogen-bond acceptors (Lipinski definition) is 5. The summed E-state index contributed by atoms with van der Waals surface area (Å²) < 4.78 is 1.08. The van der Waals surface area contributed by atoms with E-state index in [2.05, 4.69) is 15.3 Å². The Morgan fingerprint density at radius 2 is 2.12 bits per heavy atom. The van der Waals surface area contributed by atoms with Crippen molar-refractivity contribution in [3.05, 3.63) is 17.3 Å². The highest BCUT2D eigenvalue weighted by molar-refractivity contribution is 7.18. The number of aryl methyl sites for hydroxylation is 1. The number of hydrogen-bond donors (Lipinski definition) is 1. The number of fused-ring (bicyclic) bond motifs is 1. The summed E-state index contributed by atoms with van der Waals surface area (Å²) in [6, 6.07) is 0. The maximum atomic E-state index is 9.42. The molecule has 0 unspecified atom stereocenters. The van der Waals surface area contributed by atoms with Crippen LogP contribution in [-0.4, -0.2) is 34.3 Å². The molecule has 2 heterocycles. The van der Waals surface area contributed by atoms with Crippen molar-refractivity contribution in [2.45, 2.75) is 26.3 Å². The van der Waals surface area contributed by atoms with Crippen LogP contribution >= 0.6 is 11.3 Å². The van der Waals surface area contributed by atoms with Crippen LogP contribution in [0.15, 0.2) is 11.7 Å². The van der Waals surface area contributed by atoms with Gasteiger partial charge in [-0.1, -0.05) is 0 Å². The predicted molar refractivity (Wildman–Crippen MR) is 71.7 cm³/mol. The highest BCUT2D eigenvalue weighted by atomic mass is 32.1. The van der Waals surface area contributed by atoms with Gasteiger partial charge in [0.05, 0.1) is 22.4 Å². The molecule has 0 saturated carbocycles. The zero-order chi connectivity index (χ0) is 12.6. The third-order valence-corrected chi connectivity index (χ3v) is 4.21. The van der Waals surface area contributed by atoms with E-state index in [0.29, 0.717) is 0 Å². The first-order valence-electron chi connectivity index (χ1n) is 5.51. The Labute approximate surface area is 105 Å². The Hall–Kier alpha value is -1.20. The molecular weight excluding hydrogens is 234 g/mol. The van der Waals surface area contributed by atoms with Crippen LogP contribution in [0.3, 0.4) is 0 Å². The zero-order valence-corrected chi connectivity index (χ0v) is 11.4. The van der Waals surface area contributed by atoms with Crippen molar-refractivity contribution < 1.29 is 5.11 Å². The first-order valence-corrected chi connectivity index (χ1v) is 6.39. The van der Waals surface area contributed by atoms with Crippen molar-refractivity contribution in [2.75, 3.05) is 18.6 Å². The van der Waals surface area contributed by atoms with Gasteiger partial charge in [0.15, 0.2) is 0 Å². The first kappa shape index (κ1) is 12.3. The van der Waals surface area contributed by atoms with E-state index in [4.69, 9.17) is 0 Å². The fourth-order valence-corrected chi connectivity index (χ4v) is 2.62. The van der Waals surface area contributed by atoms with Crippen LogP contribution in [-0.2, 0) is 0 Å². The van der Waals surface area contributed by atoms with Gasteiger partial charge in [0.1, 0.15) is 12.1 Å². The smallest absolute Gasteiger partial charge is 0.150 e. The predicted octanol–water partition coefficient (Wildman–Crippen LogP) is 2.21. The number of likely N-dealkylation sites (N-methyl/N-ethyl adjacent to an activating group) is 1. The third kappa shape index (κ3) is 2.00. The topological polar surface area (TPSA) is 49.2 Å². The fraction of sp³-hybridized carbons (Fsp3) is 0.500. The minimum atomic E-state index is -0.334. The molecule has 2 rings (SSSR count). The largest absolute Gasteiger partial charge is 0.394 e. The molecule has 0 aliphatic carbocycles.